The molecule has 0 radical (unpaired) electrons. The lowest BCUT2D eigenvalue weighted by Crippen LogP contribution is -2.32. The number of ether oxygens (including phenoxy) is 1. The molecule has 0 fully saturated rings. The van der Waals surface area contributed by atoms with Crippen molar-refractivity contribution < 1.29 is 9.53 Å². The van der Waals surface area contributed by atoms with Crippen LogP contribution in [-0.4, -0.2) is 18.3 Å². The average molecular weight is 274 g/mol. The Bertz CT molecular complexity index is 475. The molecule has 0 amide bonds. The van der Waals surface area contributed by atoms with Gasteiger partial charge in [0, 0.05) is 5.75 Å². The molecule has 0 aliphatic rings. The Kier molecular flexibility index (Phi) is 6.20. The Labute approximate surface area is 118 Å². The molecule has 2 nitrogen and oxygen atoms in total. The first-order valence-electron chi connectivity index (χ1n) is 6.05. The lowest BCUT2D eigenvalue weighted by atomic mass is 9.98. The molecule has 0 N–H and O–H groups in total. The fourth-order valence-corrected chi connectivity index (χ4v) is 2.73. The first-order chi connectivity index (χ1) is 9.21. The lowest BCUT2D eigenvalue weighted by molar-refractivity contribution is -0.144. The maximum absolute atomic E-state index is 12.4. The fourth-order valence-electron chi connectivity index (χ4n) is 1.70. The Morgan fingerprint density at radius 3 is 2.68 bits per heavy atom. The molecule has 1 aromatic rings. The Hall–Kier alpha value is -1.70. The van der Waals surface area contributed by atoms with E-state index in [4.69, 9.17) is 4.74 Å². The monoisotopic (exact) mass is 274 g/mol. The van der Waals surface area contributed by atoms with Gasteiger partial charge in [-0.25, -0.2) is 4.79 Å². The van der Waals surface area contributed by atoms with E-state index < -0.39 is 4.75 Å². The van der Waals surface area contributed by atoms with Gasteiger partial charge >= 0.3 is 5.97 Å². The smallest absolute Gasteiger partial charge is 0.331 e. The molecule has 0 bridgehead atoms. The van der Waals surface area contributed by atoms with Crippen LogP contribution in [-0.2, 0) is 14.3 Å². The molecule has 0 saturated heterocycles. The van der Waals surface area contributed by atoms with Crippen molar-refractivity contribution in [2.24, 2.45) is 0 Å². The number of hydrogen-bond donors (Lipinski definition) is 0. The summed E-state index contributed by atoms with van der Waals surface area (Å²) in [6.07, 6.45) is 3.42. The van der Waals surface area contributed by atoms with E-state index in [2.05, 4.69) is 18.9 Å². The van der Waals surface area contributed by atoms with Gasteiger partial charge in [0.05, 0.1) is 6.61 Å². The first kappa shape index (κ1) is 15.4. The Morgan fingerprint density at radius 1 is 1.47 bits per heavy atom. The molecule has 0 heterocycles. The summed E-state index contributed by atoms with van der Waals surface area (Å²) in [5, 5.41) is 0. The maximum atomic E-state index is 12.4. The second kappa shape index (κ2) is 7.67. The molecule has 1 atom stereocenters. The van der Waals surface area contributed by atoms with E-state index >= 15 is 0 Å². The maximum Gasteiger partial charge on any atom is 0.331 e. The van der Waals surface area contributed by atoms with Crippen LogP contribution >= 0.6 is 11.8 Å². The van der Waals surface area contributed by atoms with Crippen molar-refractivity contribution in [2.45, 2.75) is 11.7 Å². The summed E-state index contributed by atoms with van der Waals surface area (Å²) in [6.45, 7) is 9.43. The molecule has 1 unspecified atom stereocenters. The summed E-state index contributed by atoms with van der Waals surface area (Å²) >= 11 is 1.44. The summed E-state index contributed by atoms with van der Waals surface area (Å²) in [7, 11) is 0. The number of hydrogen-bond acceptors (Lipinski definition) is 3. The molecule has 0 aromatic heterocycles. The minimum atomic E-state index is -0.910. The predicted octanol–water partition coefficient (Wildman–Crippen LogP) is 3.71. The van der Waals surface area contributed by atoms with Gasteiger partial charge in [0.2, 0.25) is 0 Å². The van der Waals surface area contributed by atoms with Crippen LogP contribution in [0.15, 0.2) is 61.4 Å². The molecular formula is C16H18O2S. The number of carbonyl (C=O) groups is 1. The second-order valence-electron chi connectivity index (χ2n) is 3.77. The van der Waals surface area contributed by atoms with Crippen molar-refractivity contribution in [2.75, 3.05) is 12.4 Å². The van der Waals surface area contributed by atoms with Gasteiger partial charge in [-0.1, -0.05) is 43.0 Å². The zero-order valence-electron chi connectivity index (χ0n) is 11.1. The van der Waals surface area contributed by atoms with E-state index in [1.807, 2.05) is 30.3 Å². The van der Waals surface area contributed by atoms with Crippen molar-refractivity contribution in [3.63, 3.8) is 0 Å². The summed E-state index contributed by atoms with van der Waals surface area (Å²) < 4.78 is 4.31. The molecule has 100 valence electrons. The molecule has 0 spiro atoms. The standard InChI is InChI=1S/C16H18O2S/c1-4-12-16(19-13-5-2,15(17)18-6-3)14-10-8-7-9-11-14/h5,7-12H,1-2,6,13H2,3H3. The van der Waals surface area contributed by atoms with Crippen LogP contribution in [0.3, 0.4) is 0 Å². The zero-order valence-corrected chi connectivity index (χ0v) is 11.9. The van der Waals surface area contributed by atoms with Crippen LogP contribution in [0.5, 0.6) is 0 Å². The van der Waals surface area contributed by atoms with Crippen molar-refractivity contribution in [1.29, 1.82) is 0 Å². The number of thioether (sulfide) groups is 1. The third-order valence-electron chi connectivity index (χ3n) is 2.52. The normalized spacial score (nSPS) is 12.9. The first-order valence-corrected chi connectivity index (χ1v) is 7.04. The van der Waals surface area contributed by atoms with Gasteiger partial charge in [-0.3, -0.25) is 0 Å². The van der Waals surface area contributed by atoms with Gasteiger partial charge < -0.3 is 4.74 Å². The van der Waals surface area contributed by atoms with E-state index in [1.54, 1.807) is 19.1 Å². The predicted molar refractivity (Wildman–Crippen MR) is 81.1 cm³/mol. The molecular weight excluding hydrogens is 256 g/mol. The zero-order chi connectivity index (χ0) is 14.1. The van der Waals surface area contributed by atoms with Gasteiger partial charge in [0.1, 0.15) is 0 Å². The van der Waals surface area contributed by atoms with Gasteiger partial charge in [-0.15, -0.1) is 24.1 Å². The minimum Gasteiger partial charge on any atom is -0.464 e. The van der Waals surface area contributed by atoms with E-state index in [1.165, 1.54) is 11.8 Å². The van der Waals surface area contributed by atoms with Crippen LogP contribution in [0.25, 0.3) is 0 Å². The van der Waals surface area contributed by atoms with Crippen LogP contribution in [0.4, 0.5) is 0 Å². The van der Waals surface area contributed by atoms with Gasteiger partial charge in [0.15, 0.2) is 4.75 Å². The fraction of sp³-hybridized carbons (Fsp3) is 0.250. The van der Waals surface area contributed by atoms with Crippen molar-refractivity contribution in [3.05, 3.63) is 66.9 Å². The van der Waals surface area contributed by atoms with Gasteiger partial charge in [0.25, 0.3) is 0 Å². The van der Waals surface area contributed by atoms with Crippen LogP contribution in [0, 0.1) is 0 Å². The summed E-state index contributed by atoms with van der Waals surface area (Å²) in [5.74, 6) is 0.329. The summed E-state index contributed by atoms with van der Waals surface area (Å²) in [4.78, 5) is 12.4. The number of benzene rings is 1. The third-order valence-corrected chi connectivity index (χ3v) is 3.89. The van der Waals surface area contributed by atoms with Crippen LogP contribution in [0.2, 0.25) is 0 Å². The number of carbonyl (C=O) groups excluding carboxylic acids is 1. The molecule has 1 aromatic carbocycles. The highest BCUT2D eigenvalue weighted by atomic mass is 32.2. The highest BCUT2D eigenvalue weighted by Crippen LogP contribution is 2.39. The van der Waals surface area contributed by atoms with Crippen LogP contribution < -0.4 is 0 Å². The van der Waals surface area contributed by atoms with Crippen LogP contribution in [0.1, 0.15) is 12.5 Å². The Balaban J connectivity index is 3.30. The quantitative estimate of drug-likeness (QED) is 0.431. The SMILES string of the molecule is C=C=CC(SCC=C)(C(=O)OCC)c1ccccc1. The third kappa shape index (κ3) is 3.63. The topological polar surface area (TPSA) is 26.3 Å². The van der Waals surface area contributed by atoms with E-state index in [0.717, 1.165) is 5.56 Å². The molecule has 0 saturated carbocycles. The van der Waals surface area contributed by atoms with Gasteiger partial charge in [-0.2, -0.15) is 0 Å². The van der Waals surface area contributed by atoms with E-state index in [-0.39, 0.29) is 5.97 Å². The van der Waals surface area contributed by atoms with E-state index in [9.17, 15) is 4.79 Å². The molecule has 0 aliphatic heterocycles. The lowest BCUT2D eigenvalue weighted by Gasteiger charge is -2.27. The second-order valence-corrected chi connectivity index (χ2v) is 5.04. The number of esters is 1. The molecule has 0 aliphatic carbocycles. The van der Waals surface area contributed by atoms with Crippen molar-refractivity contribution in [3.8, 4) is 0 Å². The van der Waals surface area contributed by atoms with Gasteiger partial charge in [-0.05, 0) is 18.6 Å². The van der Waals surface area contributed by atoms with Crippen molar-refractivity contribution in [1.82, 2.24) is 0 Å². The molecule has 1 rings (SSSR count). The number of rotatable bonds is 7. The summed E-state index contributed by atoms with van der Waals surface area (Å²) in [6, 6.07) is 9.51. The average Bonchev–Trinajstić information content (AvgIpc) is 2.44. The largest absolute Gasteiger partial charge is 0.464 e. The highest BCUT2D eigenvalue weighted by Gasteiger charge is 2.39. The Morgan fingerprint density at radius 2 is 2.16 bits per heavy atom. The van der Waals surface area contributed by atoms with Crippen molar-refractivity contribution >= 4 is 17.7 Å². The minimum absolute atomic E-state index is 0.302. The molecule has 3 heteroatoms. The highest BCUT2D eigenvalue weighted by molar-refractivity contribution is 8.01. The molecule has 19 heavy (non-hydrogen) atoms. The van der Waals surface area contributed by atoms with E-state index in [0.29, 0.717) is 12.4 Å². The summed E-state index contributed by atoms with van der Waals surface area (Å²) in [5.41, 5.74) is 3.58.